The third-order valence-electron chi connectivity index (χ3n) is 4.98. The molecule has 1 aliphatic carbocycles. The maximum absolute atomic E-state index is 11.4. The molecule has 0 saturated carbocycles. The SMILES string of the molecule is CC(=O)N1CCN(C2C=CC(OCC(O)c3ccccc3O)=CC2)CC1. The first-order chi connectivity index (χ1) is 12.5. The third kappa shape index (κ3) is 4.45. The Hall–Kier alpha value is -2.31. The van der Waals surface area contributed by atoms with Gasteiger partial charge in [0.05, 0.1) is 0 Å². The van der Waals surface area contributed by atoms with Crippen molar-refractivity contribution in [3.05, 3.63) is 53.8 Å². The zero-order valence-electron chi connectivity index (χ0n) is 15.0. The van der Waals surface area contributed by atoms with Gasteiger partial charge in [-0.05, 0) is 24.6 Å². The second-order valence-electron chi connectivity index (χ2n) is 6.70. The van der Waals surface area contributed by atoms with Crippen molar-refractivity contribution in [2.45, 2.75) is 25.5 Å². The average molecular weight is 358 g/mol. The molecule has 6 heteroatoms. The summed E-state index contributed by atoms with van der Waals surface area (Å²) in [4.78, 5) is 15.7. The number of aliphatic hydroxyl groups is 1. The molecule has 1 fully saturated rings. The van der Waals surface area contributed by atoms with Gasteiger partial charge < -0.3 is 19.8 Å². The Morgan fingerprint density at radius 3 is 2.62 bits per heavy atom. The highest BCUT2D eigenvalue weighted by Crippen LogP contribution is 2.25. The molecular formula is C20H26N2O4. The van der Waals surface area contributed by atoms with E-state index >= 15 is 0 Å². The van der Waals surface area contributed by atoms with Crippen molar-refractivity contribution in [1.82, 2.24) is 9.80 Å². The van der Waals surface area contributed by atoms with Gasteiger partial charge in [0.15, 0.2) is 0 Å². The van der Waals surface area contributed by atoms with Gasteiger partial charge in [-0.15, -0.1) is 0 Å². The van der Waals surface area contributed by atoms with Crippen LogP contribution in [0, 0.1) is 0 Å². The van der Waals surface area contributed by atoms with E-state index in [9.17, 15) is 15.0 Å². The molecule has 2 N–H and O–H groups in total. The molecule has 1 aromatic carbocycles. The summed E-state index contributed by atoms with van der Waals surface area (Å²) in [5.74, 6) is 0.946. The average Bonchev–Trinajstić information content (AvgIpc) is 2.67. The predicted octanol–water partition coefficient (Wildman–Crippen LogP) is 1.82. The number of hydrogen-bond donors (Lipinski definition) is 2. The maximum Gasteiger partial charge on any atom is 0.219 e. The molecule has 2 atom stereocenters. The quantitative estimate of drug-likeness (QED) is 0.840. The van der Waals surface area contributed by atoms with Gasteiger partial charge in [-0.1, -0.05) is 24.3 Å². The number of nitrogens with zero attached hydrogens (tertiary/aromatic N) is 2. The molecule has 3 rings (SSSR count). The van der Waals surface area contributed by atoms with Crippen molar-refractivity contribution in [3.8, 4) is 5.75 Å². The Morgan fingerprint density at radius 1 is 1.27 bits per heavy atom. The summed E-state index contributed by atoms with van der Waals surface area (Å²) in [6.45, 7) is 5.02. The van der Waals surface area contributed by atoms with Crippen molar-refractivity contribution >= 4 is 5.91 Å². The van der Waals surface area contributed by atoms with E-state index in [-0.39, 0.29) is 18.3 Å². The predicted molar refractivity (Wildman–Crippen MR) is 98.5 cm³/mol. The topological polar surface area (TPSA) is 73.2 Å². The molecular weight excluding hydrogens is 332 g/mol. The number of aromatic hydroxyl groups is 1. The van der Waals surface area contributed by atoms with Crippen molar-refractivity contribution in [1.29, 1.82) is 0 Å². The first-order valence-electron chi connectivity index (χ1n) is 9.01. The van der Waals surface area contributed by atoms with Crippen molar-refractivity contribution in [2.24, 2.45) is 0 Å². The molecule has 0 aromatic heterocycles. The standard InChI is InChI=1S/C20H26N2O4/c1-15(23)21-10-12-22(13-11-21)16-6-8-17(9-7-16)26-14-20(25)18-4-2-3-5-19(18)24/h2-6,8-9,16,20,24-25H,7,10-14H2,1H3. The van der Waals surface area contributed by atoms with E-state index in [1.807, 2.05) is 17.1 Å². The van der Waals surface area contributed by atoms with Crippen LogP contribution in [0.2, 0.25) is 0 Å². The van der Waals surface area contributed by atoms with Gasteiger partial charge in [-0.3, -0.25) is 9.69 Å². The first kappa shape index (κ1) is 18.5. The Morgan fingerprint density at radius 2 is 2.00 bits per heavy atom. The van der Waals surface area contributed by atoms with Gasteiger partial charge in [0.25, 0.3) is 0 Å². The van der Waals surface area contributed by atoms with E-state index in [0.29, 0.717) is 11.6 Å². The smallest absolute Gasteiger partial charge is 0.219 e. The van der Waals surface area contributed by atoms with Crippen LogP contribution in [0.25, 0.3) is 0 Å². The summed E-state index contributed by atoms with van der Waals surface area (Å²) in [7, 11) is 0. The second kappa shape index (κ2) is 8.38. The molecule has 2 aliphatic rings. The van der Waals surface area contributed by atoms with Crippen LogP contribution >= 0.6 is 0 Å². The first-order valence-corrected chi connectivity index (χ1v) is 9.01. The monoisotopic (exact) mass is 358 g/mol. The number of para-hydroxylation sites is 1. The number of carbonyl (C=O) groups excluding carboxylic acids is 1. The number of phenolic OH excluding ortho intramolecular Hbond substituents is 1. The molecule has 1 amide bonds. The van der Waals surface area contributed by atoms with E-state index in [2.05, 4.69) is 11.0 Å². The summed E-state index contributed by atoms with van der Waals surface area (Å²) in [5, 5.41) is 20.0. The lowest BCUT2D eigenvalue weighted by Crippen LogP contribution is -2.51. The second-order valence-corrected chi connectivity index (χ2v) is 6.70. The van der Waals surface area contributed by atoms with E-state index in [1.54, 1.807) is 31.2 Å². The number of amides is 1. The number of allylic oxidation sites excluding steroid dienone is 1. The lowest BCUT2D eigenvalue weighted by Gasteiger charge is -2.38. The van der Waals surface area contributed by atoms with E-state index in [4.69, 9.17) is 4.74 Å². The largest absolute Gasteiger partial charge is 0.508 e. The Labute approximate surface area is 154 Å². The van der Waals surface area contributed by atoms with E-state index < -0.39 is 6.10 Å². The van der Waals surface area contributed by atoms with Crippen molar-refractivity contribution in [2.75, 3.05) is 32.8 Å². The summed E-state index contributed by atoms with van der Waals surface area (Å²) in [5.41, 5.74) is 0.467. The summed E-state index contributed by atoms with van der Waals surface area (Å²) in [6, 6.07) is 7.04. The molecule has 6 nitrogen and oxygen atoms in total. The molecule has 1 heterocycles. The highest BCUT2D eigenvalue weighted by Gasteiger charge is 2.24. The number of carbonyl (C=O) groups is 1. The molecule has 1 aliphatic heterocycles. The van der Waals surface area contributed by atoms with Gasteiger partial charge in [0, 0.05) is 44.7 Å². The van der Waals surface area contributed by atoms with Crippen LogP contribution in [0.5, 0.6) is 5.75 Å². The number of ether oxygens (including phenoxy) is 1. The fraction of sp³-hybridized carbons (Fsp3) is 0.450. The van der Waals surface area contributed by atoms with Crippen molar-refractivity contribution in [3.63, 3.8) is 0 Å². The van der Waals surface area contributed by atoms with Crippen LogP contribution in [0.15, 0.2) is 48.3 Å². The van der Waals surface area contributed by atoms with E-state index in [1.165, 1.54) is 0 Å². The molecule has 2 unspecified atom stereocenters. The number of piperazine rings is 1. The number of hydrogen-bond acceptors (Lipinski definition) is 5. The van der Waals surface area contributed by atoms with Crippen molar-refractivity contribution < 1.29 is 19.7 Å². The fourth-order valence-electron chi connectivity index (χ4n) is 3.37. The van der Waals surface area contributed by atoms with Crippen LogP contribution in [0.1, 0.15) is 25.0 Å². The lowest BCUT2D eigenvalue weighted by atomic mass is 10.0. The van der Waals surface area contributed by atoms with Gasteiger partial charge in [0.2, 0.25) is 5.91 Å². The number of rotatable bonds is 5. The van der Waals surface area contributed by atoms with Crippen LogP contribution in [0.3, 0.4) is 0 Å². The minimum absolute atomic E-state index is 0.0709. The minimum atomic E-state index is -0.872. The summed E-state index contributed by atoms with van der Waals surface area (Å²) < 4.78 is 5.68. The number of phenols is 1. The lowest BCUT2D eigenvalue weighted by molar-refractivity contribution is -0.130. The zero-order chi connectivity index (χ0) is 18.5. The summed E-state index contributed by atoms with van der Waals surface area (Å²) in [6.07, 6.45) is 6.05. The zero-order valence-corrected chi connectivity index (χ0v) is 15.0. The number of aliphatic hydroxyl groups excluding tert-OH is 1. The maximum atomic E-state index is 11.4. The van der Waals surface area contributed by atoms with Gasteiger partial charge >= 0.3 is 0 Å². The molecule has 26 heavy (non-hydrogen) atoms. The Kier molecular flexibility index (Phi) is 5.96. The van der Waals surface area contributed by atoms with Crippen LogP contribution in [0.4, 0.5) is 0 Å². The normalized spacial score (nSPS) is 22.0. The van der Waals surface area contributed by atoms with Gasteiger partial charge in [-0.25, -0.2) is 0 Å². The molecule has 1 saturated heterocycles. The minimum Gasteiger partial charge on any atom is -0.508 e. The highest BCUT2D eigenvalue weighted by atomic mass is 16.5. The van der Waals surface area contributed by atoms with E-state index in [0.717, 1.165) is 38.4 Å². The molecule has 0 spiro atoms. The molecule has 0 bridgehead atoms. The summed E-state index contributed by atoms with van der Waals surface area (Å²) >= 11 is 0. The van der Waals surface area contributed by atoms with Gasteiger partial charge in [-0.2, -0.15) is 0 Å². The molecule has 1 aromatic rings. The Bertz CT molecular complexity index is 693. The van der Waals surface area contributed by atoms with Crippen LogP contribution in [-0.4, -0.2) is 64.7 Å². The molecule has 0 radical (unpaired) electrons. The Balaban J connectivity index is 1.46. The fourth-order valence-corrected chi connectivity index (χ4v) is 3.37. The van der Waals surface area contributed by atoms with Crippen LogP contribution in [-0.2, 0) is 9.53 Å². The highest BCUT2D eigenvalue weighted by molar-refractivity contribution is 5.73. The number of benzene rings is 1. The van der Waals surface area contributed by atoms with Gasteiger partial charge in [0.1, 0.15) is 24.2 Å². The third-order valence-corrected chi connectivity index (χ3v) is 4.98. The molecule has 140 valence electrons. The van der Waals surface area contributed by atoms with Crippen LogP contribution < -0.4 is 0 Å².